The van der Waals surface area contributed by atoms with Crippen LogP contribution in [0, 0.1) is 6.92 Å². The molecular weight excluding hydrogens is 466 g/mol. The Hall–Kier alpha value is -3.59. The molecule has 4 rings (SSSR count). The van der Waals surface area contributed by atoms with Gasteiger partial charge in [-0.05, 0) is 43.2 Å². The van der Waals surface area contributed by atoms with Crippen molar-refractivity contribution in [1.82, 2.24) is 15.2 Å². The number of esters is 1. The predicted octanol–water partition coefficient (Wildman–Crippen LogP) is 3.41. The molecule has 3 aromatic rings. The minimum atomic E-state index is -0.957. The van der Waals surface area contributed by atoms with Gasteiger partial charge in [-0.2, -0.15) is 0 Å². The number of fused-ring (bicyclic) bond motifs is 2. The van der Waals surface area contributed by atoms with Gasteiger partial charge in [0.15, 0.2) is 0 Å². The van der Waals surface area contributed by atoms with E-state index in [-0.39, 0.29) is 31.4 Å². The molecule has 0 bridgehead atoms. The summed E-state index contributed by atoms with van der Waals surface area (Å²) >= 11 is 1.32. The fourth-order valence-corrected chi connectivity index (χ4v) is 4.96. The van der Waals surface area contributed by atoms with Crippen LogP contribution in [0.15, 0.2) is 53.6 Å². The molecule has 1 aliphatic rings. The molecule has 8 nitrogen and oxygen atoms in total. The Morgan fingerprint density at radius 3 is 2.69 bits per heavy atom. The summed E-state index contributed by atoms with van der Waals surface area (Å²) in [6, 6.07) is 14.2. The van der Waals surface area contributed by atoms with Crippen molar-refractivity contribution in [2.24, 2.45) is 0 Å². The zero-order chi connectivity index (χ0) is 24.9. The number of hydrogen-bond acceptors (Lipinski definition) is 7. The van der Waals surface area contributed by atoms with E-state index in [1.807, 2.05) is 55.5 Å². The van der Waals surface area contributed by atoms with E-state index in [2.05, 4.69) is 5.32 Å². The number of thioether (sulfide) groups is 1. The zero-order valence-electron chi connectivity index (χ0n) is 19.9. The number of amides is 2. The molecule has 1 aliphatic heterocycles. The third-order valence-corrected chi connectivity index (χ3v) is 6.76. The van der Waals surface area contributed by atoms with Gasteiger partial charge >= 0.3 is 5.97 Å². The lowest BCUT2D eigenvalue weighted by Crippen LogP contribution is -2.44. The monoisotopic (exact) mass is 493 g/mol. The number of para-hydroxylation sites is 1. The quantitative estimate of drug-likeness (QED) is 0.504. The Bertz CT molecular complexity index is 1260. The van der Waals surface area contributed by atoms with Crippen LogP contribution >= 0.6 is 11.8 Å². The number of hydrogen-bond donors (Lipinski definition) is 1. The summed E-state index contributed by atoms with van der Waals surface area (Å²) in [6.45, 7) is 3.83. The van der Waals surface area contributed by atoms with Gasteiger partial charge in [0.2, 0.25) is 11.8 Å². The summed E-state index contributed by atoms with van der Waals surface area (Å²) in [5.41, 5.74) is 3.33. The standard InChI is InChI=1S/C26H27N3O5S/c1-4-34-22(31)13-27-25(32)24-20-12-18-7-5-6-16(2)23(18)28-26(20)35-15-21(30)29(24)14-17-8-10-19(33-3)11-9-17/h5-12,24H,4,13-15H2,1-3H3,(H,27,32). The van der Waals surface area contributed by atoms with E-state index < -0.39 is 17.9 Å². The van der Waals surface area contributed by atoms with Crippen LogP contribution in [-0.4, -0.2) is 53.7 Å². The van der Waals surface area contributed by atoms with Crippen LogP contribution in [-0.2, 0) is 25.7 Å². The van der Waals surface area contributed by atoms with Gasteiger partial charge < -0.3 is 19.7 Å². The minimum absolute atomic E-state index is 0.148. The van der Waals surface area contributed by atoms with Crippen molar-refractivity contribution in [3.05, 3.63) is 65.2 Å². The summed E-state index contributed by atoms with van der Waals surface area (Å²) in [5.74, 6) is -0.343. The Labute approximate surface area is 208 Å². The van der Waals surface area contributed by atoms with Crippen LogP contribution in [0.2, 0.25) is 0 Å². The van der Waals surface area contributed by atoms with Gasteiger partial charge in [0, 0.05) is 17.5 Å². The molecule has 1 N–H and O–H groups in total. The number of methoxy groups -OCH3 is 1. The molecule has 182 valence electrons. The average molecular weight is 494 g/mol. The first-order chi connectivity index (χ1) is 16.9. The van der Waals surface area contributed by atoms with Crippen molar-refractivity contribution in [2.45, 2.75) is 31.5 Å². The summed E-state index contributed by atoms with van der Waals surface area (Å²) in [7, 11) is 1.59. The van der Waals surface area contributed by atoms with E-state index >= 15 is 0 Å². The van der Waals surface area contributed by atoms with Crippen LogP contribution in [0.25, 0.3) is 10.9 Å². The van der Waals surface area contributed by atoms with E-state index in [0.29, 0.717) is 16.3 Å². The third-order valence-electron chi connectivity index (χ3n) is 5.77. The van der Waals surface area contributed by atoms with Gasteiger partial charge in [0.1, 0.15) is 23.4 Å². The number of nitrogens with one attached hydrogen (secondary N) is 1. The van der Waals surface area contributed by atoms with Crippen LogP contribution in [0.1, 0.15) is 29.7 Å². The molecule has 2 heterocycles. The molecule has 0 fully saturated rings. The fourth-order valence-electron chi connectivity index (χ4n) is 4.04. The van der Waals surface area contributed by atoms with Crippen LogP contribution < -0.4 is 10.1 Å². The number of carbonyl (C=O) groups excluding carboxylic acids is 3. The number of aromatic nitrogens is 1. The van der Waals surface area contributed by atoms with Crippen molar-refractivity contribution >= 4 is 40.4 Å². The van der Waals surface area contributed by atoms with Gasteiger partial charge in [-0.3, -0.25) is 14.4 Å². The summed E-state index contributed by atoms with van der Waals surface area (Å²) in [5, 5.41) is 4.17. The van der Waals surface area contributed by atoms with Crippen LogP contribution in [0.3, 0.4) is 0 Å². The molecule has 9 heteroatoms. The molecule has 0 aliphatic carbocycles. The van der Waals surface area contributed by atoms with Crippen LogP contribution in [0.5, 0.6) is 5.75 Å². The van der Waals surface area contributed by atoms with Crippen LogP contribution in [0.4, 0.5) is 0 Å². The van der Waals surface area contributed by atoms with E-state index in [0.717, 1.165) is 22.0 Å². The lowest BCUT2D eigenvalue weighted by molar-refractivity contribution is -0.145. The number of ether oxygens (including phenoxy) is 2. The smallest absolute Gasteiger partial charge is 0.325 e. The highest BCUT2D eigenvalue weighted by atomic mass is 32.2. The zero-order valence-corrected chi connectivity index (χ0v) is 20.7. The Balaban J connectivity index is 1.76. The van der Waals surface area contributed by atoms with Gasteiger partial charge in [0.25, 0.3) is 0 Å². The number of pyridine rings is 1. The predicted molar refractivity (Wildman–Crippen MR) is 133 cm³/mol. The lowest BCUT2D eigenvalue weighted by Gasteiger charge is -2.30. The third kappa shape index (κ3) is 5.40. The van der Waals surface area contributed by atoms with Crippen molar-refractivity contribution in [3.8, 4) is 5.75 Å². The highest BCUT2D eigenvalue weighted by molar-refractivity contribution is 8.00. The number of nitrogens with zero attached hydrogens (tertiary/aromatic N) is 2. The normalized spacial score (nSPS) is 15.3. The van der Waals surface area contributed by atoms with Crippen molar-refractivity contribution in [1.29, 1.82) is 0 Å². The van der Waals surface area contributed by atoms with Crippen molar-refractivity contribution < 1.29 is 23.9 Å². The second kappa shape index (κ2) is 10.8. The summed E-state index contributed by atoms with van der Waals surface area (Å²) < 4.78 is 10.2. The Morgan fingerprint density at radius 1 is 1.20 bits per heavy atom. The number of rotatable bonds is 7. The average Bonchev–Trinajstić information content (AvgIpc) is 2.99. The number of carbonyl (C=O) groups is 3. The maximum Gasteiger partial charge on any atom is 0.325 e. The molecular formula is C26H27N3O5S. The van der Waals surface area contributed by atoms with E-state index in [9.17, 15) is 14.4 Å². The molecule has 0 radical (unpaired) electrons. The van der Waals surface area contributed by atoms with Gasteiger partial charge in [-0.25, -0.2) is 4.98 Å². The topological polar surface area (TPSA) is 97.8 Å². The summed E-state index contributed by atoms with van der Waals surface area (Å²) in [6.07, 6.45) is 0. The highest BCUT2D eigenvalue weighted by Gasteiger charge is 2.37. The largest absolute Gasteiger partial charge is 0.497 e. The first-order valence-electron chi connectivity index (χ1n) is 11.3. The van der Waals surface area contributed by atoms with Crippen molar-refractivity contribution in [2.75, 3.05) is 26.0 Å². The molecule has 0 saturated heterocycles. The molecule has 0 saturated carbocycles. The molecule has 2 amide bonds. The van der Waals surface area contributed by atoms with E-state index in [4.69, 9.17) is 14.5 Å². The molecule has 35 heavy (non-hydrogen) atoms. The number of benzene rings is 2. The SMILES string of the molecule is CCOC(=O)CNC(=O)C1c2cc3cccc(C)c3nc2SCC(=O)N1Cc1ccc(OC)cc1. The molecule has 1 aromatic heterocycles. The first kappa shape index (κ1) is 24.5. The maximum atomic E-state index is 13.5. The Kier molecular flexibility index (Phi) is 7.55. The van der Waals surface area contributed by atoms with E-state index in [1.165, 1.54) is 11.8 Å². The number of aryl methyl sites for hydroxylation is 1. The Morgan fingerprint density at radius 2 is 1.97 bits per heavy atom. The molecule has 0 spiro atoms. The second-order valence-electron chi connectivity index (χ2n) is 8.11. The molecule has 1 atom stereocenters. The lowest BCUT2D eigenvalue weighted by atomic mass is 10.0. The van der Waals surface area contributed by atoms with Gasteiger partial charge in [0.05, 0.1) is 25.0 Å². The van der Waals surface area contributed by atoms with E-state index in [1.54, 1.807) is 18.9 Å². The first-order valence-corrected chi connectivity index (χ1v) is 12.3. The molecule has 1 unspecified atom stereocenters. The second-order valence-corrected chi connectivity index (χ2v) is 9.08. The minimum Gasteiger partial charge on any atom is -0.497 e. The highest BCUT2D eigenvalue weighted by Crippen LogP contribution is 2.37. The maximum absolute atomic E-state index is 13.5. The fraction of sp³-hybridized carbons (Fsp3) is 0.308. The molecule has 2 aromatic carbocycles. The summed E-state index contributed by atoms with van der Waals surface area (Å²) in [4.78, 5) is 45.1. The van der Waals surface area contributed by atoms with Gasteiger partial charge in [-0.1, -0.05) is 42.1 Å². The van der Waals surface area contributed by atoms with Crippen molar-refractivity contribution in [3.63, 3.8) is 0 Å². The van der Waals surface area contributed by atoms with Gasteiger partial charge in [-0.15, -0.1) is 0 Å².